The van der Waals surface area contributed by atoms with Crippen LogP contribution < -0.4 is 5.32 Å². The summed E-state index contributed by atoms with van der Waals surface area (Å²) in [6.45, 7) is 12.9. The number of aldehydes is 1. The highest BCUT2D eigenvalue weighted by atomic mass is 16.3. The number of fused-ring (bicyclic) bond motifs is 5. The molecule has 1 fully saturated rings. The molecule has 6 rings (SSSR count). The van der Waals surface area contributed by atoms with E-state index < -0.39 is 0 Å². The Balaban J connectivity index is 1.62. The molecule has 0 spiro atoms. The summed E-state index contributed by atoms with van der Waals surface area (Å²) >= 11 is 0. The van der Waals surface area contributed by atoms with Crippen LogP contribution in [-0.2, 0) is 4.79 Å². The fraction of sp³-hybridized carbons (Fsp3) is 0.394. The van der Waals surface area contributed by atoms with Crippen LogP contribution in [0.1, 0.15) is 73.6 Å². The molecular formula is C33H36N4O2. The lowest BCUT2D eigenvalue weighted by Crippen LogP contribution is -2.14. The minimum Gasteiger partial charge on any atom is -0.511 e. The van der Waals surface area contributed by atoms with Gasteiger partial charge in [0.25, 0.3) is 0 Å². The van der Waals surface area contributed by atoms with Gasteiger partial charge in [-0.3, -0.25) is 0 Å². The lowest BCUT2D eigenvalue weighted by Gasteiger charge is -2.16. The molecule has 2 atom stereocenters. The van der Waals surface area contributed by atoms with Crippen molar-refractivity contribution in [1.82, 2.24) is 5.32 Å². The summed E-state index contributed by atoms with van der Waals surface area (Å²) in [5.74, 6) is 0.676. The SMILES string of the molecule is CCC1=C(C)C2=NC1=CC1=C(C)C3=C(O)CC(=C4NC(=CC5=NC(=C2)C(CC)=C5C)[C@H](C)[C@@H]4CCC=O)C3=N1. The molecule has 0 aromatic rings. The fourth-order valence-corrected chi connectivity index (χ4v) is 6.85. The van der Waals surface area contributed by atoms with Crippen molar-refractivity contribution in [1.29, 1.82) is 0 Å². The third kappa shape index (κ3) is 3.83. The van der Waals surface area contributed by atoms with Crippen molar-refractivity contribution in [3.8, 4) is 0 Å². The number of aliphatic hydroxyl groups excluding tert-OH is 1. The number of rotatable bonds is 5. The molecule has 0 aromatic carbocycles. The zero-order chi connectivity index (χ0) is 27.6. The number of aliphatic hydroxyl groups is 1. The summed E-state index contributed by atoms with van der Waals surface area (Å²) in [5.41, 5.74) is 15.4. The summed E-state index contributed by atoms with van der Waals surface area (Å²) in [7, 11) is 0. The van der Waals surface area contributed by atoms with Crippen molar-refractivity contribution in [3.63, 3.8) is 0 Å². The Hall–Kier alpha value is -3.80. The Bertz CT molecular complexity index is 1580. The molecule has 6 nitrogen and oxygen atoms in total. The largest absolute Gasteiger partial charge is 0.511 e. The number of allylic oxidation sites excluding steroid dienone is 12. The number of carbonyl (C=O) groups is 1. The molecule has 8 bridgehead atoms. The fourth-order valence-electron chi connectivity index (χ4n) is 6.85. The first-order valence-corrected chi connectivity index (χ1v) is 14.2. The van der Waals surface area contributed by atoms with Crippen LogP contribution in [0.15, 0.2) is 106 Å². The van der Waals surface area contributed by atoms with Crippen LogP contribution >= 0.6 is 0 Å². The minimum absolute atomic E-state index is 0.135. The highest BCUT2D eigenvalue weighted by Gasteiger charge is 2.41. The van der Waals surface area contributed by atoms with Gasteiger partial charge in [0.15, 0.2) is 0 Å². The van der Waals surface area contributed by atoms with Crippen molar-refractivity contribution >= 4 is 23.4 Å². The van der Waals surface area contributed by atoms with Gasteiger partial charge in [0.2, 0.25) is 0 Å². The molecular weight excluding hydrogens is 484 g/mol. The molecule has 5 heterocycles. The van der Waals surface area contributed by atoms with Crippen LogP contribution in [0.2, 0.25) is 0 Å². The van der Waals surface area contributed by atoms with E-state index in [1.807, 2.05) is 6.92 Å². The smallest absolute Gasteiger partial charge is 0.120 e. The van der Waals surface area contributed by atoms with Gasteiger partial charge in [-0.15, -0.1) is 0 Å². The highest BCUT2D eigenvalue weighted by molar-refractivity contribution is 6.21. The first-order chi connectivity index (χ1) is 18.8. The van der Waals surface area contributed by atoms with Gasteiger partial charge in [0.05, 0.1) is 34.2 Å². The molecule has 200 valence electrons. The van der Waals surface area contributed by atoms with Gasteiger partial charge >= 0.3 is 0 Å². The van der Waals surface area contributed by atoms with Crippen molar-refractivity contribution in [3.05, 3.63) is 91.5 Å². The molecule has 0 radical (unpaired) electrons. The summed E-state index contributed by atoms with van der Waals surface area (Å²) in [6.07, 6.45) is 10.8. The molecule has 5 aliphatic heterocycles. The number of carbonyl (C=O) groups excluding carboxylic acids is 1. The molecule has 2 N–H and O–H groups in total. The van der Waals surface area contributed by atoms with E-state index in [0.717, 1.165) is 87.9 Å². The van der Waals surface area contributed by atoms with Gasteiger partial charge in [-0.25, -0.2) is 15.0 Å². The van der Waals surface area contributed by atoms with Gasteiger partial charge < -0.3 is 15.2 Å². The summed E-state index contributed by atoms with van der Waals surface area (Å²) in [6, 6.07) is 0. The zero-order valence-corrected chi connectivity index (χ0v) is 23.7. The highest BCUT2D eigenvalue weighted by Crippen LogP contribution is 2.46. The standard InChI is InChI=1S/C33H36N4O2/c1-7-20-16(3)24-13-26-18(5)22(10-9-11-38)32(36-26)23-12-30(39)31-19(6)27(37-33(23)31)15-29-21(8-2)17(4)25(35-29)14-28(20)34-24/h11,13-15,18,22,36,39H,7-10,12H2,1-6H3/t18-,22+/m1/s1. The second-order valence-electron chi connectivity index (χ2n) is 11.2. The Kier molecular flexibility index (Phi) is 6.17. The lowest BCUT2D eigenvalue weighted by molar-refractivity contribution is -0.108. The summed E-state index contributed by atoms with van der Waals surface area (Å²) in [4.78, 5) is 26.7. The topological polar surface area (TPSA) is 86.4 Å². The molecule has 6 aliphatic rings. The van der Waals surface area contributed by atoms with Gasteiger partial charge in [0.1, 0.15) is 12.0 Å². The van der Waals surface area contributed by atoms with Crippen LogP contribution in [0.5, 0.6) is 0 Å². The van der Waals surface area contributed by atoms with E-state index in [2.05, 4.69) is 58.2 Å². The van der Waals surface area contributed by atoms with E-state index in [-0.39, 0.29) is 11.8 Å². The second-order valence-corrected chi connectivity index (χ2v) is 11.2. The van der Waals surface area contributed by atoms with Gasteiger partial charge in [-0.05, 0) is 86.1 Å². The van der Waals surface area contributed by atoms with Crippen LogP contribution in [0.25, 0.3) is 0 Å². The number of hydrogen-bond acceptors (Lipinski definition) is 6. The predicted molar refractivity (Wildman–Crippen MR) is 158 cm³/mol. The Morgan fingerprint density at radius 1 is 0.949 bits per heavy atom. The van der Waals surface area contributed by atoms with Gasteiger partial charge in [-0.2, -0.15) is 0 Å². The lowest BCUT2D eigenvalue weighted by atomic mass is 9.86. The third-order valence-electron chi connectivity index (χ3n) is 9.13. The van der Waals surface area contributed by atoms with Crippen molar-refractivity contribution < 1.29 is 9.90 Å². The average molecular weight is 521 g/mol. The van der Waals surface area contributed by atoms with Crippen LogP contribution in [-0.4, -0.2) is 28.5 Å². The van der Waals surface area contributed by atoms with Crippen molar-refractivity contribution in [2.75, 3.05) is 0 Å². The molecule has 1 aliphatic carbocycles. The van der Waals surface area contributed by atoms with E-state index >= 15 is 0 Å². The van der Waals surface area contributed by atoms with E-state index in [1.54, 1.807) is 0 Å². The Labute approximate surface area is 230 Å². The number of hydrogen-bond donors (Lipinski definition) is 2. The average Bonchev–Trinajstić information content (AvgIpc) is 3.65. The quantitative estimate of drug-likeness (QED) is 0.381. The maximum atomic E-state index is 11.4. The van der Waals surface area contributed by atoms with E-state index in [4.69, 9.17) is 15.0 Å². The minimum atomic E-state index is 0.135. The molecule has 0 amide bonds. The third-order valence-corrected chi connectivity index (χ3v) is 9.13. The zero-order valence-electron chi connectivity index (χ0n) is 23.7. The Morgan fingerprint density at radius 2 is 1.59 bits per heavy atom. The van der Waals surface area contributed by atoms with Crippen LogP contribution in [0.3, 0.4) is 0 Å². The second kappa shape index (κ2) is 9.44. The maximum absolute atomic E-state index is 11.4. The molecule has 39 heavy (non-hydrogen) atoms. The first kappa shape index (κ1) is 25.5. The van der Waals surface area contributed by atoms with Crippen molar-refractivity contribution in [2.45, 2.75) is 73.6 Å². The molecule has 0 unspecified atom stereocenters. The summed E-state index contributed by atoms with van der Waals surface area (Å²) < 4.78 is 0. The number of nitrogens with one attached hydrogen (secondary N) is 1. The van der Waals surface area contributed by atoms with E-state index in [1.165, 1.54) is 22.3 Å². The van der Waals surface area contributed by atoms with E-state index in [9.17, 15) is 9.90 Å². The number of aliphatic imine (C=N–C) groups is 3. The van der Waals surface area contributed by atoms with E-state index in [0.29, 0.717) is 18.6 Å². The maximum Gasteiger partial charge on any atom is 0.120 e. The van der Waals surface area contributed by atoms with Gasteiger partial charge in [-0.1, -0.05) is 20.8 Å². The number of nitrogens with zero attached hydrogens (tertiary/aromatic N) is 3. The van der Waals surface area contributed by atoms with Crippen LogP contribution in [0.4, 0.5) is 0 Å². The van der Waals surface area contributed by atoms with Crippen molar-refractivity contribution in [2.24, 2.45) is 26.8 Å². The first-order valence-electron chi connectivity index (χ1n) is 14.2. The van der Waals surface area contributed by atoms with Crippen LogP contribution in [0, 0.1) is 11.8 Å². The normalized spacial score (nSPS) is 25.8. The molecule has 0 aromatic heterocycles. The molecule has 0 saturated carbocycles. The Morgan fingerprint density at radius 3 is 2.23 bits per heavy atom. The molecule has 1 saturated heterocycles. The summed E-state index contributed by atoms with van der Waals surface area (Å²) in [5, 5.41) is 14.9. The molecule has 6 heteroatoms. The monoisotopic (exact) mass is 520 g/mol. The predicted octanol–water partition coefficient (Wildman–Crippen LogP) is 7.05. The van der Waals surface area contributed by atoms with Gasteiger partial charge in [0, 0.05) is 47.2 Å².